The summed E-state index contributed by atoms with van der Waals surface area (Å²) < 4.78 is 5.15. The van der Waals surface area contributed by atoms with Crippen LogP contribution in [0.1, 0.15) is 40.0 Å². The summed E-state index contributed by atoms with van der Waals surface area (Å²) in [4.78, 5) is 22.6. The molecule has 0 bridgehead atoms. The highest BCUT2D eigenvalue weighted by Gasteiger charge is 2.28. The fourth-order valence-electron chi connectivity index (χ4n) is 1.58. The summed E-state index contributed by atoms with van der Waals surface area (Å²) in [6, 6.07) is 0.0249. The molecule has 4 nitrogen and oxygen atoms in total. The van der Waals surface area contributed by atoms with Crippen molar-refractivity contribution in [2.75, 3.05) is 0 Å². The molecule has 0 saturated heterocycles. The molecule has 0 radical (unpaired) electrons. The van der Waals surface area contributed by atoms with Gasteiger partial charge in [0.25, 0.3) is 0 Å². The van der Waals surface area contributed by atoms with Gasteiger partial charge >= 0.3 is 6.09 Å². The number of ether oxygens (including phenoxy) is 1. The highest BCUT2D eigenvalue weighted by Crippen LogP contribution is 2.21. The zero-order valence-electron chi connectivity index (χ0n) is 9.88. The smallest absolute Gasteiger partial charge is 0.407 e. The van der Waals surface area contributed by atoms with E-state index in [1.54, 1.807) is 0 Å². The highest BCUT2D eigenvalue weighted by molar-refractivity contribution is 9.10. The molecule has 1 aliphatic carbocycles. The Kier molecular flexibility index (Phi) is 4.35. The molecular formula is C11H18BrNO3. The van der Waals surface area contributed by atoms with Crippen LogP contribution in [0.15, 0.2) is 0 Å². The van der Waals surface area contributed by atoms with Gasteiger partial charge in [0.1, 0.15) is 11.4 Å². The van der Waals surface area contributed by atoms with E-state index in [0.717, 1.165) is 0 Å². The number of ketones is 1. The number of nitrogens with one attached hydrogen (secondary N) is 1. The van der Waals surface area contributed by atoms with E-state index in [2.05, 4.69) is 21.2 Å². The Morgan fingerprint density at radius 2 is 2.12 bits per heavy atom. The number of halogens is 1. The number of carbonyl (C=O) groups is 2. The van der Waals surface area contributed by atoms with Gasteiger partial charge < -0.3 is 10.1 Å². The number of amides is 1. The molecule has 1 fully saturated rings. The fourth-order valence-corrected chi connectivity index (χ4v) is 2.26. The predicted molar refractivity (Wildman–Crippen MR) is 64.7 cm³/mol. The molecule has 2 unspecified atom stereocenters. The summed E-state index contributed by atoms with van der Waals surface area (Å²) >= 11 is 3.30. The van der Waals surface area contributed by atoms with Crippen molar-refractivity contribution in [3.63, 3.8) is 0 Å². The molecule has 0 aromatic heterocycles. The van der Waals surface area contributed by atoms with E-state index in [1.807, 2.05) is 20.8 Å². The second kappa shape index (κ2) is 5.17. The Hall–Kier alpha value is -0.580. The van der Waals surface area contributed by atoms with Gasteiger partial charge in [0, 0.05) is 12.5 Å². The lowest BCUT2D eigenvalue weighted by molar-refractivity contribution is -0.119. The van der Waals surface area contributed by atoms with Gasteiger partial charge in [-0.2, -0.15) is 0 Å². The molecule has 0 aromatic rings. The zero-order valence-corrected chi connectivity index (χ0v) is 11.5. The molecule has 1 rings (SSSR count). The average Bonchev–Trinajstić information content (AvgIpc) is 2.08. The Morgan fingerprint density at radius 3 is 2.62 bits per heavy atom. The standard InChI is InChI=1S/C11H18BrNO3/c1-11(2,3)16-10(15)13-7-4-5-9(14)8(12)6-7/h7-8H,4-6H2,1-3H3,(H,13,15). The van der Waals surface area contributed by atoms with Crippen molar-refractivity contribution < 1.29 is 14.3 Å². The molecule has 1 N–H and O–H groups in total. The maximum Gasteiger partial charge on any atom is 0.407 e. The number of Topliss-reactive ketones (excluding diaryl/α,β-unsaturated/α-hetero) is 1. The summed E-state index contributed by atoms with van der Waals surface area (Å²) in [7, 11) is 0. The Labute approximate surface area is 104 Å². The molecule has 16 heavy (non-hydrogen) atoms. The van der Waals surface area contributed by atoms with Gasteiger partial charge in [-0.3, -0.25) is 4.79 Å². The lowest BCUT2D eigenvalue weighted by Crippen LogP contribution is -2.43. The van der Waals surface area contributed by atoms with E-state index in [4.69, 9.17) is 4.74 Å². The van der Waals surface area contributed by atoms with Crippen LogP contribution >= 0.6 is 15.9 Å². The van der Waals surface area contributed by atoms with Crippen LogP contribution in [-0.2, 0) is 9.53 Å². The second-order valence-electron chi connectivity index (χ2n) is 5.05. The van der Waals surface area contributed by atoms with Crippen LogP contribution in [0, 0.1) is 0 Å². The molecule has 0 heterocycles. The SMILES string of the molecule is CC(C)(C)OC(=O)NC1CCC(=O)C(Br)C1. The maximum atomic E-state index is 11.5. The van der Waals surface area contributed by atoms with E-state index in [1.165, 1.54) is 0 Å². The van der Waals surface area contributed by atoms with Crippen molar-refractivity contribution in [1.29, 1.82) is 0 Å². The minimum atomic E-state index is -0.484. The first-order valence-corrected chi connectivity index (χ1v) is 6.36. The first-order chi connectivity index (χ1) is 7.28. The summed E-state index contributed by atoms with van der Waals surface area (Å²) in [5.74, 6) is 0.210. The van der Waals surface area contributed by atoms with Crippen LogP contribution in [0.2, 0.25) is 0 Å². The zero-order chi connectivity index (χ0) is 12.3. The van der Waals surface area contributed by atoms with Crippen LogP contribution in [0.25, 0.3) is 0 Å². The van der Waals surface area contributed by atoms with Gasteiger partial charge in [-0.05, 0) is 33.6 Å². The fraction of sp³-hybridized carbons (Fsp3) is 0.818. The van der Waals surface area contributed by atoms with Gasteiger partial charge in [-0.15, -0.1) is 0 Å². The summed E-state index contributed by atoms with van der Waals surface area (Å²) in [5.41, 5.74) is -0.484. The second-order valence-corrected chi connectivity index (χ2v) is 6.16. The molecule has 0 aromatic carbocycles. The largest absolute Gasteiger partial charge is 0.444 e. The van der Waals surface area contributed by atoms with Crippen molar-refractivity contribution >= 4 is 27.8 Å². The van der Waals surface area contributed by atoms with Gasteiger partial charge in [-0.1, -0.05) is 15.9 Å². The minimum Gasteiger partial charge on any atom is -0.444 e. The van der Waals surface area contributed by atoms with E-state index < -0.39 is 11.7 Å². The highest BCUT2D eigenvalue weighted by atomic mass is 79.9. The van der Waals surface area contributed by atoms with Crippen LogP contribution < -0.4 is 5.32 Å². The number of alkyl carbamates (subject to hydrolysis) is 1. The van der Waals surface area contributed by atoms with Crippen molar-refractivity contribution in [3.8, 4) is 0 Å². The van der Waals surface area contributed by atoms with Crippen LogP contribution in [0.4, 0.5) is 4.79 Å². The molecule has 0 aliphatic heterocycles. The normalized spacial score (nSPS) is 26.4. The molecule has 0 spiro atoms. The lowest BCUT2D eigenvalue weighted by atomic mass is 9.94. The maximum absolute atomic E-state index is 11.5. The number of hydrogen-bond acceptors (Lipinski definition) is 3. The van der Waals surface area contributed by atoms with Crippen molar-refractivity contribution in [1.82, 2.24) is 5.32 Å². The number of hydrogen-bond donors (Lipinski definition) is 1. The Balaban J connectivity index is 2.38. The third-order valence-electron chi connectivity index (χ3n) is 2.30. The summed E-state index contributed by atoms with van der Waals surface area (Å²) in [5, 5.41) is 2.78. The molecule has 1 amide bonds. The summed E-state index contributed by atoms with van der Waals surface area (Å²) in [6.45, 7) is 5.47. The summed E-state index contributed by atoms with van der Waals surface area (Å²) in [6.07, 6.45) is 1.43. The first-order valence-electron chi connectivity index (χ1n) is 5.44. The molecule has 1 saturated carbocycles. The quantitative estimate of drug-likeness (QED) is 0.755. The van der Waals surface area contributed by atoms with Gasteiger partial charge in [0.05, 0.1) is 4.83 Å². The number of rotatable bonds is 1. The first kappa shape index (κ1) is 13.5. The van der Waals surface area contributed by atoms with Crippen LogP contribution in [0.3, 0.4) is 0 Å². The lowest BCUT2D eigenvalue weighted by Gasteiger charge is -2.27. The van der Waals surface area contributed by atoms with E-state index in [9.17, 15) is 9.59 Å². The van der Waals surface area contributed by atoms with Gasteiger partial charge in [0.15, 0.2) is 0 Å². The number of carbonyl (C=O) groups excluding carboxylic acids is 2. The molecule has 92 valence electrons. The van der Waals surface area contributed by atoms with Crippen LogP contribution in [0.5, 0.6) is 0 Å². The van der Waals surface area contributed by atoms with Crippen molar-refractivity contribution in [3.05, 3.63) is 0 Å². The molecule has 1 aliphatic rings. The van der Waals surface area contributed by atoms with Crippen molar-refractivity contribution in [2.24, 2.45) is 0 Å². The Bertz CT molecular complexity index is 285. The molecular weight excluding hydrogens is 274 g/mol. The minimum absolute atomic E-state index is 0.0249. The third kappa shape index (κ3) is 4.51. The van der Waals surface area contributed by atoms with E-state index >= 15 is 0 Å². The van der Waals surface area contributed by atoms with Crippen LogP contribution in [-0.4, -0.2) is 28.3 Å². The third-order valence-corrected chi connectivity index (χ3v) is 3.19. The van der Waals surface area contributed by atoms with Crippen molar-refractivity contribution in [2.45, 2.75) is 56.5 Å². The monoisotopic (exact) mass is 291 g/mol. The van der Waals surface area contributed by atoms with E-state index in [-0.39, 0.29) is 16.7 Å². The van der Waals surface area contributed by atoms with Gasteiger partial charge in [-0.25, -0.2) is 4.79 Å². The topological polar surface area (TPSA) is 55.4 Å². The van der Waals surface area contributed by atoms with Gasteiger partial charge in [0.2, 0.25) is 0 Å². The predicted octanol–water partition coefficient (Wildman–Crippen LogP) is 2.40. The molecule has 2 atom stereocenters. The van der Waals surface area contributed by atoms with E-state index in [0.29, 0.717) is 19.3 Å². The Morgan fingerprint density at radius 1 is 1.50 bits per heavy atom. The average molecular weight is 292 g/mol. The number of alkyl halides is 1. The molecule has 5 heteroatoms.